The highest BCUT2D eigenvalue weighted by atomic mass is 16.3. The normalized spacial score (nSPS) is 53.8. The molecule has 4 fully saturated rings. The second kappa shape index (κ2) is 6.87. The number of hydrogen-bond donors (Lipinski definition) is 2. The molecule has 0 aromatic carbocycles. The third-order valence-electron chi connectivity index (χ3n) is 13.1. The van der Waals surface area contributed by atoms with Crippen molar-refractivity contribution in [1.29, 1.82) is 0 Å². The number of aliphatic hydroxyl groups excluding tert-OH is 2. The van der Waals surface area contributed by atoms with Gasteiger partial charge in [-0.05, 0) is 109 Å². The highest BCUT2D eigenvalue weighted by Gasteiger charge is 2.68. The Morgan fingerprint density at radius 1 is 0.844 bits per heavy atom. The lowest BCUT2D eigenvalue weighted by Crippen LogP contribution is -2.64. The van der Waals surface area contributed by atoms with Crippen LogP contribution < -0.4 is 0 Å². The summed E-state index contributed by atoms with van der Waals surface area (Å²) in [6.45, 7) is 17.8. The predicted molar refractivity (Wildman–Crippen MR) is 132 cm³/mol. The zero-order chi connectivity index (χ0) is 23.4. The van der Waals surface area contributed by atoms with Gasteiger partial charge >= 0.3 is 0 Å². The molecular weight excluding hydrogens is 392 g/mol. The molecule has 8 atom stereocenters. The molecule has 0 aromatic rings. The maximum atomic E-state index is 10.9. The van der Waals surface area contributed by atoms with E-state index in [2.05, 4.69) is 54.5 Å². The highest BCUT2D eigenvalue weighted by molar-refractivity contribution is 5.33. The van der Waals surface area contributed by atoms with Crippen molar-refractivity contribution >= 4 is 0 Å². The van der Waals surface area contributed by atoms with E-state index in [9.17, 15) is 10.2 Å². The first-order chi connectivity index (χ1) is 14.8. The van der Waals surface area contributed by atoms with Crippen LogP contribution in [0.2, 0.25) is 0 Å². The van der Waals surface area contributed by atoms with Gasteiger partial charge in [0, 0.05) is 12.0 Å². The van der Waals surface area contributed by atoms with E-state index in [1.54, 1.807) is 5.57 Å². The minimum atomic E-state index is -0.153. The molecule has 0 amide bonds. The molecular formula is C30H50O2. The average Bonchev–Trinajstić information content (AvgIpc) is 2.71. The summed E-state index contributed by atoms with van der Waals surface area (Å²) in [5.74, 6) is 1.87. The molecule has 0 saturated heterocycles. The van der Waals surface area contributed by atoms with Gasteiger partial charge in [0.05, 0.1) is 6.10 Å². The van der Waals surface area contributed by atoms with Gasteiger partial charge in [-0.1, -0.05) is 60.1 Å². The topological polar surface area (TPSA) is 40.5 Å². The second-order valence-electron chi connectivity index (χ2n) is 15.1. The third kappa shape index (κ3) is 2.78. The summed E-state index contributed by atoms with van der Waals surface area (Å²) in [6.07, 6.45) is 14.6. The molecule has 4 saturated carbocycles. The highest BCUT2D eigenvalue weighted by Crippen LogP contribution is 2.75. The van der Waals surface area contributed by atoms with Crippen molar-refractivity contribution in [2.75, 3.05) is 6.61 Å². The van der Waals surface area contributed by atoms with Crippen LogP contribution in [0.3, 0.4) is 0 Å². The molecule has 0 aliphatic heterocycles. The maximum absolute atomic E-state index is 10.9. The SMILES string of the molecule is CC1(C)CC[C@]2(CO)CC[C@]3(C)C(=CC[C@@H]4[C@@]5(C)CC[C@H](O)C(C)(C)[C@@H]5CC[C@]43C)[C@H]2C1. The number of rotatable bonds is 1. The Hall–Kier alpha value is -0.340. The van der Waals surface area contributed by atoms with Gasteiger partial charge in [0.2, 0.25) is 0 Å². The molecule has 2 nitrogen and oxygen atoms in total. The minimum absolute atomic E-state index is 0.0191. The van der Waals surface area contributed by atoms with Gasteiger partial charge in [-0.15, -0.1) is 0 Å². The zero-order valence-corrected chi connectivity index (χ0v) is 22.1. The molecule has 32 heavy (non-hydrogen) atoms. The van der Waals surface area contributed by atoms with Crippen molar-refractivity contribution in [2.24, 2.45) is 50.2 Å². The Kier molecular flexibility index (Phi) is 5.02. The number of allylic oxidation sites excluding steroid dienone is 2. The summed E-state index contributed by atoms with van der Waals surface area (Å²) in [4.78, 5) is 0. The fraction of sp³-hybridized carbons (Fsp3) is 0.933. The largest absolute Gasteiger partial charge is 0.396 e. The van der Waals surface area contributed by atoms with E-state index in [-0.39, 0.29) is 22.3 Å². The van der Waals surface area contributed by atoms with Crippen LogP contribution in [0, 0.1) is 50.2 Å². The van der Waals surface area contributed by atoms with Crippen molar-refractivity contribution in [2.45, 2.75) is 119 Å². The number of hydrogen-bond acceptors (Lipinski definition) is 2. The monoisotopic (exact) mass is 442 g/mol. The Balaban J connectivity index is 1.58. The summed E-state index contributed by atoms with van der Waals surface area (Å²) in [7, 11) is 0. The molecule has 0 unspecified atom stereocenters. The van der Waals surface area contributed by atoms with Crippen molar-refractivity contribution in [1.82, 2.24) is 0 Å². The van der Waals surface area contributed by atoms with E-state index >= 15 is 0 Å². The lowest BCUT2D eigenvalue weighted by Gasteiger charge is -2.71. The molecule has 0 spiro atoms. The van der Waals surface area contributed by atoms with Gasteiger partial charge in [-0.25, -0.2) is 0 Å². The van der Waals surface area contributed by atoms with Gasteiger partial charge in [0.25, 0.3) is 0 Å². The Morgan fingerprint density at radius 2 is 1.53 bits per heavy atom. The first-order valence-electron chi connectivity index (χ1n) is 13.8. The van der Waals surface area contributed by atoms with Crippen LogP contribution in [0.25, 0.3) is 0 Å². The van der Waals surface area contributed by atoms with Gasteiger partial charge in [-0.2, -0.15) is 0 Å². The van der Waals surface area contributed by atoms with E-state index < -0.39 is 0 Å². The number of aliphatic hydroxyl groups is 2. The molecule has 2 heteroatoms. The second-order valence-corrected chi connectivity index (χ2v) is 15.1. The van der Waals surface area contributed by atoms with Crippen LogP contribution >= 0.6 is 0 Å². The summed E-state index contributed by atoms with van der Waals surface area (Å²) in [5, 5.41) is 21.5. The summed E-state index contributed by atoms with van der Waals surface area (Å²) in [5.41, 5.74) is 3.16. The smallest absolute Gasteiger partial charge is 0.0594 e. The average molecular weight is 443 g/mol. The van der Waals surface area contributed by atoms with E-state index in [0.29, 0.717) is 40.6 Å². The molecule has 5 aliphatic carbocycles. The van der Waals surface area contributed by atoms with Crippen molar-refractivity contribution in [3.05, 3.63) is 11.6 Å². The van der Waals surface area contributed by atoms with Crippen molar-refractivity contribution in [3.8, 4) is 0 Å². The van der Waals surface area contributed by atoms with Gasteiger partial charge < -0.3 is 10.2 Å². The van der Waals surface area contributed by atoms with Crippen LogP contribution in [0.15, 0.2) is 11.6 Å². The minimum Gasteiger partial charge on any atom is -0.396 e. The quantitative estimate of drug-likeness (QED) is 0.424. The van der Waals surface area contributed by atoms with E-state index in [4.69, 9.17) is 0 Å². The van der Waals surface area contributed by atoms with Crippen LogP contribution in [0.5, 0.6) is 0 Å². The Bertz CT molecular complexity index is 810. The molecule has 5 aliphatic rings. The van der Waals surface area contributed by atoms with Gasteiger partial charge in [-0.3, -0.25) is 0 Å². The van der Waals surface area contributed by atoms with E-state index in [1.807, 2.05) is 0 Å². The lowest BCUT2D eigenvalue weighted by molar-refractivity contribution is -0.204. The summed E-state index contributed by atoms with van der Waals surface area (Å²) < 4.78 is 0. The Labute approximate surface area is 197 Å². The zero-order valence-electron chi connectivity index (χ0n) is 22.1. The van der Waals surface area contributed by atoms with Gasteiger partial charge in [0.1, 0.15) is 0 Å². The maximum Gasteiger partial charge on any atom is 0.0594 e. The summed E-state index contributed by atoms with van der Waals surface area (Å²) in [6, 6.07) is 0. The molecule has 2 N–H and O–H groups in total. The van der Waals surface area contributed by atoms with Crippen molar-refractivity contribution < 1.29 is 10.2 Å². The van der Waals surface area contributed by atoms with E-state index in [1.165, 1.54) is 57.8 Å². The molecule has 0 aromatic heterocycles. The molecule has 0 heterocycles. The van der Waals surface area contributed by atoms with Gasteiger partial charge in [0.15, 0.2) is 0 Å². The van der Waals surface area contributed by atoms with Crippen LogP contribution in [0.4, 0.5) is 0 Å². The van der Waals surface area contributed by atoms with E-state index in [0.717, 1.165) is 6.42 Å². The molecule has 5 rings (SSSR count). The fourth-order valence-electron chi connectivity index (χ4n) is 10.6. The van der Waals surface area contributed by atoms with Crippen LogP contribution in [0.1, 0.15) is 113 Å². The molecule has 182 valence electrons. The van der Waals surface area contributed by atoms with Crippen LogP contribution in [-0.2, 0) is 0 Å². The molecule has 0 radical (unpaired) electrons. The Morgan fingerprint density at radius 3 is 2.22 bits per heavy atom. The number of fused-ring (bicyclic) bond motifs is 7. The first-order valence-corrected chi connectivity index (χ1v) is 13.8. The molecule has 0 bridgehead atoms. The standard InChI is InChI=1S/C30H50O2/c1-25(2)14-16-30(19-31)17-15-28(6)20(21(30)18-25)8-9-23-27(5)12-11-24(32)26(3,4)22(27)10-13-29(23,28)7/h8,21-24,31-32H,9-19H2,1-7H3/t21-,22+,23-,24+,27+,28-,29-,30-/m1/s1. The van der Waals surface area contributed by atoms with Crippen LogP contribution in [-0.4, -0.2) is 22.9 Å². The van der Waals surface area contributed by atoms with Crippen molar-refractivity contribution in [3.63, 3.8) is 0 Å². The summed E-state index contributed by atoms with van der Waals surface area (Å²) >= 11 is 0. The fourth-order valence-corrected chi connectivity index (χ4v) is 10.6. The third-order valence-corrected chi connectivity index (χ3v) is 13.1. The first kappa shape index (κ1) is 23.4. The predicted octanol–water partition coefficient (Wildman–Crippen LogP) is 7.14. The lowest BCUT2D eigenvalue weighted by atomic mass is 9.33.